The molecule has 0 unspecified atom stereocenters. The average molecular weight is 400 g/mol. The lowest BCUT2D eigenvalue weighted by molar-refractivity contribution is -0.126. The van der Waals surface area contributed by atoms with Crippen molar-refractivity contribution >= 4 is 23.2 Å². The first-order valence-corrected chi connectivity index (χ1v) is 9.79. The molecule has 0 spiro atoms. The van der Waals surface area contributed by atoms with E-state index < -0.39 is 18.1 Å². The fraction of sp³-hybridized carbons (Fsp3) is 0.167. The van der Waals surface area contributed by atoms with Gasteiger partial charge in [0, 0.05) is 0 Å². The molecule has 0 aliphatic carbocycles. The third-order valence-corrected chi connectivity index (χ3v) is 5.65. The SMILES string of the molecule is Cc1ccc(N2C(=O)[C@H]3[C@H](ON(c4ccccc4)[C@H]3c3ccc(O)cc3)C2=O)cc1. The van der Waals surface area contributed by atoms with Crippen LogP contribution in [0.2, 0.25) is 0 Å². The standard InChI is InChI=1S/C24H20N2O4/c1-15-7-11-17(12-8-15)25-23(28)20-21(16-9-13-19(27)14-10-16)26(30-22(20)24(25)29)18-5-3-2-4-6-18/h2-14,20-22,27H,1H3/t20-,21+,22+/m1/s1. The van der Waals surface area contributed by atoms with Gasteiger partial charge in [-0.05, 0) is 48.9 Å². The van der Waals surface area contributed by atoms with E-state index in [0.717, 1.165) is 16.8 Å². The topological polar surface area (TPSA) is 70.1 Å². The second-order valence-electron chi connectivity index (χ2n) is 7.60. The van der Waals surface area contributed by atoms with Gasteiger partial charge in [0.15, 0.2) is 6.10 Å². The van der Waals surface area contributed by atoms with E-state index in [1.165, 1.54) is 4.90 Å². The summed E-state index contributed by atoms with van der Waals surface area (Å²) in [5.41, 5.74) is 3.14. The van der Waals surface area contributed by atoms with E-state index in [-0.39, 0.29) is 17.6 Å². The number of phenols is 1. The van der Waals surface area contributed by atoms with Gasteiger partial charge in [-0.15, -0.1) is 0 Å². The molecule has 2 aliphatic heterocycles. The van der Waals surface area contributed by atoms with Crippen LogP contribution in [0.25, 0.3) is 0 Å². The molecule has 1 N–H and O–H groups in total. The minimum atomic E-state index is -0.905. The Morgan fingerprint density at radius 3 is 2.13 bits per heavy atom. The van der Waals surface area contributed by atoms with Gasteiger partial charge in [0.2, 0.25) is 5.91 Å². The lowest BCUT2D eigenvalue weighted by Crippen LogP contribution is -2.37. The molecular formula is C24H20N2O4. The van der Waals surface area contributed by atoms with Crippen molar-refractivity contribution < 1.29 is 19.5 Å². The number of carbonyl (C=O) groups is 2. The number of hydroxylamine groups is 1. The van der Waals surface area contributed by atoms with Gasteiger partial charge in [0.1, 0.15) is 11.7 Å². The summed E-state index contributed by atoms with van der Waals surface area (Å²) < 4.78 is 0. The molecule has 2 saturated heterocycles. The molecule has 5 rings (SSSR count). The van der Waals surface area contributed by atoms with Gasteiger partial charge in [-0.2, -0.15) is 0 Å². The Morgan fingerprint density at radius 2 is 1.47 bits per heavy atom. The Hall–Kier alpha value is -3.64. The van der Waals surface area contributed by atoms with Crippen LogP contribution in [0, 0.1) is 12.8 Å². The minimum absolute atomic E-state index is 0.135. The molecule has 150 valence electrons. The molecule has 0 radical (unpaired) electrons. The van der Waals surface area contributed by atoms with Gasteiger partial charge in [-0.1, -0.05) is 48.0 Å². The van der Waals surface area contributed by atoms with Crippen molar-refractivity contribution in [3.63, 3.8) is 0 Å². The Balaban J connectivity index is 1.58. The number of hydrogen-bond donors (Lipinski definition) is 1. The highest BCUT2D eigenvalue weighted by Crippen LogP contribution is 2.47. The van der Waals surface area contributed by atoms with Crippen LogP contribution in [-0.4, -0.2) is 23.0 Å². The van der Waals surface area contributed by atoms with Crippen LogP contribution in [0.15, 0.2) is 78.9 Å². The second kappa shape index (κ2) is 7.00. The Kier molecular flexibility index (Phi) is 4.29. The third-order valence-electron chi connectivity index (χ3n) is 5.65. The number of benzene rings is 3. The van der Waals surface area contributed by atoms with Crippen LogP contribution in [0.4, 0.5) is 11.4 Å². The first kappa shape index (κ1) is 18.4. The zero-order chi connectivity index (χ0) is 20.8. The minimum Gasteiger partial charge on any atom is -0.508 e. The van der Waals surface area contributed by atoms with Crippen LogP contribution in [0.3, 0.4) is 0 Å². The molecule has 2 fully saturated rings. The molecule has 2 heterocycles. The van der Waals surface area contributed by atoms with E-state index in [0.29, 0.717) is 5.69 Å². The predicted octanol–water partition coefficient (Wildman–Crippen LogP) is 3.75. The third kappa shape index (κ3) is 2.84. The largest absolute Gasteiger partial charge is 0.508 e. The van der Waals surface area contributed by atoms with E-state index in [9.17, 15) is 14.7 Å². The number of fused-ring (bicyclic) bond motifs is 1. The van der Waals surface area contributed by atoms with E-state index >= 15 is 0 Å². The Labute approximate surface area is 173 Å². The molecule has 6 nitrogen and oxygen atoms in total. The van der Waals surface area contributed by atoms with Crippen molar-refractivity contribution in [2.75, 3.05) is 9.96 Å². The number of phenolic OH excluding ortho intramolecular Hbond substituents is 1. The number of aryl methyl sites for hydroxylation is 1. The molecule has 3 atom stereocenters. The number of hydrogen-bond acceptors (Lipinski definition) is 5. The molecule has 2 amide bonds. The van der Waals surface area contributed by atoms with E-state index in [1.807, 2.05) is 49.4 Å². The first-order chi connectivity index (χ1) is 14.5. The highest BCUT2D eigenvalue weighted by atomic mass is 16.7. The van der Waals surface area contributed by atoms with Gasteiger partial charge in [-0.25, -0.2) is 9.96 Å². The Bertz CT molecular complexity index is 1100. The van der Waals surface area contributed by atoms with Crippen LogP contribution >= 0.6 is 0 Å². The fourth-order valence-electron chi connectivity index (χ4n) is 4.17. The highest BCUT2D eigenvalue weighted by molar-refractivity contribution is 6.23. The van der Waals surface area contributed by atoms with Crippen molar-refractivity contribution in [1.82, 2.24) is 0 Å². The summed E-state index contributed by atoms with van der Waals surface area (Å²) >= 11 is 0. The van der Waals surface area contributed by atoms with Gasteiger partial charge in [0.05, 0.1) is 17.4 Å². The average Bonchev–Trinajstić information content (AvgIpc) is 3.27. The van der Waals surface area contributed by atoms with Gasteiger partial charge in [-0.3, -0.25) is 14.4 Å². The zero-order valence-electron chi connectivity index (χ0n) is 16.3. The molecule has 0 bridgehead atoms. The van der Waals surface area contributed by atoms with Crippen molar-refractivity contribution in [2.24, 2.45) is 5.92 Å². The Morgan fingerprint density at radius 1 is 0.800 bits per heavy atom. The quantitative estimate of drug-likeness (QED) is 0.678. The zero-order valence-corrected chi connectivity index (χ0v) is 16.3. The van der Waals surface area contributed by atoms with Gasteiger partial charge >= 0.3 is 0 Å². The summed E-state index contributed by atoms with van der Waals surface area (Å²) in [6.45, 7) is 1.95. The maximum atomic E-state index is 13.5. The summed E-state index contributed by atoms with van der Waals surface area (Å²) in [6.07, 6.45) is -0.905. The van der Waals surface area contributed by atoms with E-state index in [2.05, 4.69) is 0 Å². The molecule has 3 aromatic carbocycles. The molecule has 3 aromatic rings. The summed E-state index contributed by atoms with van der Waals surface area (Å²) in [4.78, 5) is 34.0. The normalized spacial score (nSPS) is 23.2. The van der Waals surface area contributed by atoms with Crippen LogP contribution in [0.5, 0.6) is 5.75 Å². The van der Waals surface area contributed by atoms with Crippen LogP contribution < -0.4 is 9.96 Å². The number of nitrogens with zero attached hydrogens (tertiary/aromatic N) is 2. The smallest absolute Gasteiger partial charge is 0.266 e. The van der Waals surface area contributed by atoms with Gasteiger partial charge in [0.25, 0.3) is 5.91 Å². The summed E-state index contributed by atoms with van der Waals surface area (Å²) in [5.74, 6) is -1.21. The van der Waals surface area contributed by atoms with E-state index in [1.54, 1.807) is 41.5 Å². The monoisotopic (exact) mass is 400 g/mol. The van der Waals surface area contributed by atoms with E-state index in [4.69, 9.17) is 4.84 Å². The predicted molar refractivity (Wildman–Crippen MR) is 112 cm³/mol. The van der Waals surface area contributed by atoms with Gasteiger partial charge < -0.3 is 5.11 Å². The van der Waals surface area contributed by atoms with Crippen molar-refractivity contribution in [3.05, 3.63) is 90.0 Å². The van der Waals surface area contributed by atoms with Crippen LogP contribution in [-0.2, 0) is 14.4 Å². The lowest BCUT2D eigenvalue weighted by Gasteiger charge is -2.28. The molecule has 0 aromatic heterocycles. The van der Waals surface area contributed by atoms with Crippen molar-refractivity contribution in [1.29, 1.82) is 0 Å². The molecule has 0 saturated carbocycles. The molecule has 6 heteroatoms. The highest BCUT2D eigenvalue weighted by Gasteiger charge is 2.60. The molecular weight excluding hydrogens is 380 g/mol. The van der Waals surface area contributed by atoms with Crippen LogP contribution in [0.1, 0.15) is 17.2 Å². The number of rotatable bonds is 3. The summed E-state index contributed by atoms with van der Waals surface area (Å²) in [7, 11) is 0. The number of imide groups is 1. The molecule has 2 aliphatic rings. The van der Waals surface area contributed by atoms with Crippen molar-refractivity contribution in [3.8, 4) is 5.75 Å². The number of aromatic hydroxyl groups is 1. The summed E-state index contributed by atoms with van der Waals surface area (Å²) in [6, 6.07) is 22.9. The van der Waals surface area contributed by atoms with Crippen molar-refractivity contribution in [2.45, 2.75) is 19.1 Å². The molecule has 30 heavy (non-hydrogen) atoms. The number of para-hydroxylation sites is 1. The number of amides is 2. The number of carbonyl (C=O) groups excluding carboxylic acids is 2. The second-order valence-corrected chi connectivity index (χ2v) is 7.60. The summed E-state index contributed by atoms with van der Waals surface area (Å²) in [5, 5.41) is 11.3. The fourth-order valence-corrected chi connectivity index (χ4v) is 4.17. The maximum absolute atomic E-state index is 13.5. The maximum Gasteiger partial charge on any atom is 0.266 e. The first-order valence-electron chi connectivity index (χ1n) is 9.79. The number of anilines is 2. The lowest BCUT2D eigenvalue weighted by atomic mass is 9.90.